The predicted octanol–water partition coefficient (Wildman–Crippen LogP) is 3.02. The lowest BCUT2D eigenvalue weighted by atomic mass is 10.1. The van der Waals surface area contributed by atoms with E-state index in [1.807, 2.05) is 25.1 Å². The molecule has 0 aliphatic heterocycles. The van der Waals surface area contributed by atoms with Crippen molar-refractivity contribution in [3.8, 4) is 17.0 Å². The summed E-state index contributed by atoms with van der Waals surface area (Å²) in [6, 6.07) is 7.22. The van der Waals surface area contributed by atoms with Gasteiger partial charge in [0.1, 0.15) is 17.4 Å². The number of hydrogen-bond acceptors (Lipinski definition) is 7. The van der Waals surface area contributed by atoms with E-state index in [2.05, 4.69) is 10.3 Å². The molecule has 1 aromatic carbocycles. The van der Waals surface area contributed by atoms with Crippen LogP contribution in [0, 0.1) is 6.92 Å². The molecule has 0 atom stereocenters. The van der Waals surface area contributed by atoms with Gasteiger partial charge in [0, 0.05) is 31.4 Å². The van der Waals surface area contributed by atoms with Gasteiger partial charge < -0.3 is 25.3 Å². The molecular formula is C19H24ClN5O3. The van der Waals surface area contributed by atoms with Gasteiger partial charge >= 0.3 is 0 Å². The number of nitrogens with one attached hydrogen (secondary N) is 1. The highest BCUT2D eigenvalue weighted by Crippen LogP contribution is 2.32. The second-order valence-corrected chi connectivity index (χ2v) is 6.78. The number of rotatable bonds is 8. The molecule has 3 N–H and O–H groups in total. The first-order valence-electron chi connectivity index (χ1n) is 8.72. The zero-order chi connectivity index (χ0) is 20.3. The summed E-state index contributed by atoms with van der Waals surface area (Å²) in [5.41, 5.74) is 8.99. The molecule has 2 heterocycles. The van der Waals surface area contributed by atoms with Gasteiger partial charge in [-0.2, -0.15) is 9.61 Å². The minimum atomic E-state index is -0.0732. The smallest absolute Gasteiger partial charge is 0.160 e. The van der Waals surface area contributed by atoms with E-state index < -0.39 is 0 Å². The summed E-state index contributed by atoms with van der Waals surface area (Å²) in [5, 5.41) is 8.65. The Morgan fingerprint density at radius 1 is 1.18 bits per heavy atom. The van der Waals surface area contributed by atoms with Crippen LogP contribution in [0.5, 0.6) is 5.75 Å². The maximum Gasteiger partial charge on any atom is 0.160 e. The van der Waals surface area contributed by atoms with Crippen LogP contribution in [0.25, 0.3) is 16.9 Å². The topological polar surface area (TPSA) is 95.9 Å². The van der Waals surface area contributed by atoms with Crippen LogP contribution < -0.4 is 15.8 Å². The Bertz CT molecular complexity index is 970. The number of nitrogen functional groups attached to an aromatic ring is 1. The molecule has 0 aliphatic rings. The Labute approximate surface area is 168 Å². The first-order chi connectivity index (χ1) is 13.5. The summed E-state index contributed by atoms with van der Waals surface area (Å²) in [6.07, 6.45) is 0. The number of halogens is 1. The number of benzene rings is 1. The molecule has 0 unspecified atom stereocenters. The molecule has 8 nitrogen and oxygen atoms in total. The van der Waals surface area contributed by atoms with Gasteiger partial charge in [0.2, 0.25) is 0 Å². The van der Waals surface area contributed by atoms with E-state index in [0.29, 0.717) is 41.1 Å². The highest BCUT2D eigenvalue weighted by atomic mass is 35.5. The molecule has 0 saturated heterocycles. The minimum absolute atomic E-state index is 0.0732. The summed E-state index contributed by atoms with van der Waals surface area (Å²) in [6.45, 7) is 2.83. The summed E-state index contributed by atoms with van der Waals surface area (Å²) in [5.74, 6) is 1.84. The molecule has 3 aromatic rings. The first-order valence-corrected chi connectivity index (χ1v) is 9.10. The van der Waals surface area contributed by atoms with Gasteiger partial charge in [-0.15, -0.1) is 0 Å². The third kappa shape index (κ3) is 3.99. The average molecular weight is 406 g/mol. The number of ether oxygens (including phenoxy) is 3. The van der Waals surface area contributed by atoms with Gasteiger partial charge in [-0.25, -0.2) is 4.98 Å². The minimum Gasteiger partial charge on any atom is -0.497 e. The van der Waals surface area contributed by atoms with Crippen molar-refractivity contribution < 1.29 is 14.2 Å². The lowest BCUT2D eigenvalue weighted by molar-refractivity contribution is 0.126. The Hall–Kier alpha value is -2.55. The SMILES string of the molecule is COCC(COC)Nc1c(C)c(N)nc2cc(-c3ccc(OC)cc3Cl)nn12. The van der Waals surface area contributed by atoms with E-state index >= 15 is 0 Å². The molecule has 9 heteroatoms. The van der Waals surface area contributed by atoms with Gasteiger partial charge in [0.25, 0.3) is 0 Å². The van der Waals surface area contributed by atoms with E-state index in [-0.39, 0.29) is 6.04 Å². The van der Waals surface area contributed by atoms with Crippen molar-refractivity contribution >= 4 is 28.9 Å². The molecule has 0 aliphatic carbocycles. The Morgan fingerprint density at radius 3 is 2.50 bits per heavy atom. The van der Waals surface area contributed by atoms with Gasteiger partial charge in [-0.3, -0.25) is 0 Å². The van der Waals surface area contributed by atoms with Gasteiger partial charge in [0.15, 0.2) is 5.65 Å². The molecule has 28 heavy (non-hydrogen) atoms. The summed E-state index contributed by atoms with van der Waals surface area (Å²) < 4.78 is 17.5. The van der Waals surface area contributed by atoms with E-state index in [1.165, 1.54) is 0 Å². The third-order valence-corrected chi connectivity index (χ3v) is 4.72. The van der Waals surface area contributed by atoms with E-state index in [0.717, 1.165) is 16.9 Å². The number of hydrogen-bond donors (Lipinski definition) is 2. The van der Waals surface area contributed by atoms with E-state index in [4.69, 9.17) is 36.6 Å². The average Bonchev–Trinajstić information content (AvgIpc) is 3.08. The summed E-state index contributed by atoms with van der Waals surface area (Å²) >= 11 is 6.42. The number of nitrogens with two attached hydrogens (primary N) is 1. The zero-order valence-corrected chi connectivity index (χ0v) is 17.1. The standard InChI is InChI=1S/C19H24ClN5O3/c1-11-18(21)23-17-8-16(14-6-5-13(28-4)7-15(14)20)24-25(17)19(11)22-12(9-26-2)10-27-3/h5-8,12,22H,9-10H2,1-4H3,(H2,21,23). The van der Waals surface area contributed by atoms with Gasteiger partial charge in [-0.1, -0.05) is 11.6 Å². The lowest BCUT2D eigenvalue weighted by Gasteiger charge is -2.20. The third-order valence-electron chi connectivity index (χ3n) is 4.41. The molecule has 3 rings (SSSR count). The predicted molar refractivity (Wildman–Crippen MR) is 110 cm³/mol. The maximum absolute atomic E-state index is 6.42. The molecule has 0 bridgehead atoms. The van der Waals surface area contributed by atoms with Gasteiger partial charge in [0.05, 0.1) is 37.1 Å². The van der Waals surface area contributed by atoms with E-state index in [1.54, 1.807) is 31.9 Å². The Morgan fingerprint density at radius 2 is 1.89 bits per heavy atom. The normalized spacial score (nSPS) is 11.4. The Balaban J connectivity index is 2.08. The molecule has 2 aromatic heterocycles. The monoisotopic (exact) mass is 405 g/mol. The zero-order valence-electron chi connectivity index (χ0n) is 16.3. The van der Waals surface area contributed by atoms with Crippen LogP contribution in [0.3, 0.4) is 0 Å². The second-order valence-electron chi connectivity index (χ2n) is 6.37. The first kappa shape index (κ1) is 20.2. The Kier molecular flexibility index (Phi) is 6.23. The van der Waals surface area contributed by atoms with E-state index in [9.17, 15) is 0 Å². The summed E-state index contributed by atoms with van der Waals surface area (Å²) in [4.78, 5) is 4.45. The fraction of sp³-hybridized carbons (Fsp3) is 0.368. The van der Waals surface area contributed by atoms with Crippen molar-refractivity contribution in [2.45, 2.75) is 13.0 Å². The van der Waals surface area contributed by atoms with Crippen molar-refractivity contribution in [1.29, 1.82) is 0 Å². The number of methoxy groups -OCH3 is 3. The fourth-order valence-corrected chi connectivity index (χ4v) is 3.23. The van der Waals surface area contributed by atoms with Crippen molar-refractivity contribution in [1.82, 2.24) is 14.6 Å². The van der Waals surface area contributed by atoms with Crippen LogP contribution in [-0.4, -0.2) is 55.2 Å². The number of fused-ring (bicyclic) bond motifs is 1. The molecule has 0 radical (unpaired) electrons. The van der Waals surface area contributed by atoms with Crippen molar-refractivity contribution in [2.24, 2.45) is 0 Å². The van der Waals surface area contributed by atoms with Crippen LogP contribution in [0.15, 0.2) is 24.3 Å². The highest BCUT2D eigenvalue weighted by molar-refractivity contribution is 6.33. The van der Waals surface area contributed by atoms with Crippen LogP contribution >= 0.6 is 11.6 Å². The molecule has 0 spiro atoms. The second kappa shape index (κ2) is 8.64. The van der Waals surface area contributed by atoms with Crippen LogP contribution in [0.4, 0.5) is 11.6 Å². The van der Waals surface area contributed by atoms with Crippen LogP contribution in [0.2, 0.25) is 5.02 Å². The van der Waals surface area contributed by atoms with Crippen molar-refractivity contribution in [3.05, 3.63) is 34.9 Å². The lowest BCUT2D eigenvalue weighted by Crippen LogP contribution is -2.31. The number of aromatic nitrogens is 3. The molecule has 150 valence electrons. The summed E-state index contributed by atoms with van der Waals surface area (Å²) in [7, 11) is 4.89. The molecule has 0 saturated carbocycles. The molecule has 0 amide bonds. The number of anilines is 2. The van der Waals surface area contributed by atoms with Gasteiger partial charge in [-0.05, 0) is 25.1 Å². The highest BCUT2D eigenvalue weighted by Gasteiger charge is 2.18. The maximum atomic E-state index is 6.42. The molecular weight excluding hydrogens is 382 g/mol. The quantitative estimate of drug-likeness (QED) is 0.594. The van der Waals surface area contributed by atoms with Crippen molar-refractivity contribution in [3.63, 3.8) is 0 Å². The number of nitrogens with zero attached hydrogens (tertiary/aromatic N) is 3. The largest absolute Gasteiger partial charge is 0.497 e. The van der Waals surface area contributed by atoms with Crippen LogP contribution in [0.1, 0.15) is 5.56 Å². The van der Waals surface area contributed by atoms with Crippen LogP contribution in [-0.2, 0) is 9.47 Å². The molecule has 0 fully saturated rings. The fourth-order valence-electron chi connectivity index (χ4n) is 2.96. The van der Waals surface area contributed by atoms with Crippen molar-refractivity contribution in [2.75, 3.05) is 45.6 Å².